The summed E-state index contributed by atoms with van der Waals surface area (Å²) in [4.78, 5) is 14.9. The number of phenols is 2. The summed E-state index contributed by atoms with van der Waals surface area (Å²) >= 11 is 0. The largest absolute Gasteiger partial charge is 0.508 e. The van der Waals surface area contributed by atoms with Crippen molar-refractivity contribution < 1.29 is 85.4 Å². The minimum atomic E-state index is -2.13. The zero-order chi connectivity index (χ0) is 53.9. The van der Waals surface area contributed by atoms with Crippen LogP contribution in [-0.4, -0.2) is 99.4 Å². The Morgan fingerprint density at radius 3 is 1.36 bits per heavy atom. The normalized spacial score (nSPS) is 12.6. The molecule has 74 heavy (non-hydrogen) atoms. The van der Waals surface area contributed by atoms with Crippen molar-refractivity contribution in [3.8, 4) is 67.5 Å². The number of phenolic OH excluding ortho intramolecular Hbond substituents is 2. The molecule has 4 aromatic carbocycles. The SMILES string of the molecule is C=Cc1nc(C)c(-c2c(F)c(F)c(OCC(O)CO)c(F)c2F)c2ccc([nH]2)c(-c2cccc(O)c2)c([C@H](C)O)nc(CO)c(-c2c(F)c(F)c(OCC(O)CO)c(F)c2F)c2ccc([nH]2)c1-c1cccc(O)c1. The minimum Gasteiger partial charge on any atom is -0.508 e. The second-order valence-corrected chi connectivity index (χ2v) is 16.5. The molecule has 0 amide bonds. The number of hydrogen-bond donors (Lipinski definition) is 10. The fourth-order valence-electron chi connectivity index (χ4n) is 8.02. The Kier molecular flexibility index (Phi) is 16.4. The Labute approximate surface area is 414 Å². The number of rotatable bonds is 15. The standard InChI is InChI=1S/C52H44F8N4O10/c1-4-30-37(24-7-5-9-26(69)15-24)32-12-14-34(63-32)39(41-44(55)48(59)52(49(60)45(41)56)74-21-29(72)18-66)35(19-67)64-50(23(3)68)38(25-8-6-10-27(70)16-25)33-13-11-31(62-33)36(22(2)61-30)40-42(53)46(57)51(47(58)43(40)54)73-20-28(71)17-65/h4-16,23,28-29,62-63,65-72H,1,17-21H2,2-3H3/t23-,28?,29?/m0/s1. The molecule has 0 spiro atoms. The molecule has 14 nitrogen and oxygen atoms in total. The van der Waals surface area contributed by atoms with Crippen molar-refractivity contribution in [1.82, 2.24) is 19.9 Å². The van der Waals surface area contributed by atoms with Gasteiger partial charge in [0.15, 0.2) is 34.8 Å². The summed E-state index contributed by atoms with van der Waals surface area (Å²) in [6.45, 7) is 0.938. The highest BCUT2D eigenvalue weighted by molar-refractivity contribution is 5.93. The Morgan fingerprint density at radius 1 is 0.554 bits per heavy atom. The van der Waals surface area contributed by atoms with Crippen LogP contribution in [0.3, 0.4) is 0 Å². The Hall–Kier alpha value is -7.86. The lowest BCUT2D eigenvalue weighted by molar-refractivity contribution is 0.0504. The third-order valence-electron chi connectivity index (χ3n) is 11.4. The molecule has 10 N–H and O–H groups in total. The molecule has 3 heterocycles. The molecule has 388 valence electrons. The van der Waals surface area contributed by atoms with Crippen molar-refractivity contribution in [2.24, 2.45) is 0 Å². The zero-order valence-corrected chi connectivity index (χ0v) is 38.8. The summed E-state index contributed by atoms with van der Waals surface area (Å²) in [5.74, 6) is -20.6. The molecule has 0 aliphatic heterocycles. The summed E-state index contributed by atoms with van der Waals surface area (Å²) in [5.41, 5.74) is -7.72. The average Bonchev–Trinajstić information content (AvgIpc) is 4.06. The van der Waals surface area contributed by atoms with Crippen molar-refractivity contribution in [2.75, 3.05) is 26.4 Å². The number of aromatic nitrogens is 4. The Bertz CT molecular complexity index is 3400. The van der Waals surface area contributed by atoms with Crippen molar-refractivity contribution >= 4 is 28.1 Å². The van der Waals surface area contributed by atoms with Gasteiger partial charge in [-0.25, -0.2) is 17.6 Å². The first-order valence-electron chi connectivity index (χ1n) is 22.1. The molecular formula is C52H44F8N4O10. The maximum absolute atomic E-state index is 16.7. The van der Waals surface area contributed by atoms with E-state index in [1.165, 1.54) is 67.6 Å². The predicted octanol–water partition coefficient (Wildman–Crippen LogP) is 8.84. The molecule has 7 aromatic rings. The van der Waals surface area contributed by atoms with Crippen LogP contribution >= 0.6 is 0 Å². The third-order valence-corrected chi connectivity index (χ3v) is 11.4. The average molecular weight is 1040 g/mol. The number of aliphatic hydroxyl groups excluding tert-OH is 6. The first-order valence-corrected chi connectivity index (χ1v) is 22.1. The number of nitrogens with zero attached hydrogens (tertiary/aromatic N) is 2. The van der Waals surface area contributed by atoms with Gasteiger partial charge in [-0.3, -0.25) is 9.97 Å². The molecule has 2 unspecified atom stereocenters. The topological polar surface area (TPSA) is 238 Å². The summed E-state index contributed by atoms with van der Waals surface area (Å²) in [6.07, 6.45) is -4.13. The predicted molar refractivity (Wildman–Crippen MR) is 254 cm³/mol. The number of benzene rings is 4. The van der Waals surface area contributed by atoms with E-state index in [1.54, 1.807) is 0 Å². The highest BCUT2D eigenvalue weighted by atomic mass is 19.2. The minimum absolute atomic E-state index is 0.0122. The van der Waals surface area contributed by atoms with Crippen LogP contribution in [0.1, 0.15) is 35.8 Å². The van der Waals surface area contributed by atoms with Crippen LogP contribution < -0.4 is 9.47 Å². The van der Waals surface area contributed by atoms with E-state index in [1.807, 2.05) is 0 Å². The van der Waals surface area contributed by atoms with Gasteiger partial charge >= 0.3 is 0 Å². The molecule has 0 saturated heterocycles. The van der Waals surface area contributed by atoms with Crippen molar-refractivity contribution in [1.29, 1.82) is 0 Å². The van der Waals surface area contributed by atoms with Crippen LogP contribution in [0.2, 0.25) is 0 Å². The van der Waals surface area contributed by atoms with E-state index in [2.05, 4.69) is 26.5 Å². The lowest BCUT2D eigenvalue weighted by Crippen LogP contribution is -2.22. The van der Waals surface area contributed by atoms with E-state index < -0.39 is 154 Å². The smallest absolute Gasteiger partial charge is 0.204 e. The molecule has 7 rings (SSSR count). The van der Waals surface area contributed by atoms with Crippen LogP contribution in [0.5, 0.6) is 23.0 Å². The number of aryl methyl sites for hydroxylation is 1. The van der Waals surface area contributed by atoms with Crippen LogP contribution in [0.25, 0.3) is 72.7 Å². The number of H-pyrrole nitrogens is 2. The number of hydrogen-bond acceptors (Lipinski definition) is 12. The van der Waals surface area contributed by atoms with Crippen LogP contribution in [0.4, 0.5) is 35.1 Å². The molecule has 0 radical (unpaired) electrons. The van der Waals surface area contributed by atoms with Gasteiger partial charge in [0, 0.05) is 50.0 Å². The molecule has 22 heteroatoms. The Balaban J connectivity index is 1.78. The fourth-order valence-corrected chi connectivity index (χ4v) is 8.02. The van der Waals surface area contributed by atoms with Crippen molar-refractivity contribution in [3.05, 3.63) is 149 Å². The molecular weight excluding hydrogens is 993 g/mol. The van der Waals surface area contributed by atoms with Crippen molar-refractivity contribution in [3.63, 3.8) is 0 Å². The second-order valence-electron chi connectivity index (χ2n) is 16.5. The quantitative estimate of drug-likeness (QED) is 0.0343. The van der Waals surface area contributed by atoms with Gasteiger partial charge in [0.25, 0.3) is 0 Å². The van der Waals surface area contributed by atoms with Gasteiger partial charge in [-0.15, -0.1) is 0 Å². The first-order chi connectivity index (χ1) is 35.3. The van der Waals surface area contributed by atoms with Gasteiger partial charge in [-0.2, -0.15) is 17.6 Å². The van der Waals surface area contributed by atoms with Gasteiger partial charge in [0.05, 0.1) is 54.1 Å². The van der Waals surface area contributed by atoms with E-state index in [4.69, 9.17) is 9.47 Å². The maximum atomic E-state index is 16.7. The molecule has 4 bridgehead atoms. The van der Waals surface area contributed by atoms with Gasteiger partial charge < -0.3 is 60.3 Å². The van der Waals surface area contributed by atoms with Gasteiger partial charge in [0.1, 0.15) is 36.9 Å². The Morgan fingerprint density at radius 2 is 0.959 bits per heavy atom. The number of aliphatic hydroxyl groups is 6. The molecule has 3 aromatic heterocycles. The third kappa shape index (κ3) is 10.5. The number of ether oxygens (including phenoxy) is 2. The van der Waals surface area contributed by atoms with E-state index in [9.17, 15) is 40.9 Å². The highest BCUT2D eigenvalue weighted by Gasteiger charge is 2.33. The van der Waals surface area contributed by atoms with Crippen LogP contribution in [0.15, 0.2) is 79.4 Å². The van der Waals surface area contributed by atoms with E-state index in [-0.39, 0.29) is 56.0 Å². The molecule has 0 saturated carbocycles. The second kappa shape index (κ2) is 22.5. The summed E-state index contributed by atoms with van der Waals surface area (Å²) in [7, 11) is 0. The number of fused-ring (bicyclic) bond motifs is 4. The lowest BCUT2D eigenvalue weighted by Gasteiger charge is -2.17. The summed E-state index contributed by atoms with van der Waals surface area (Å²) in [5, 5.41) is 82.1. The number of halogens is 8. The van der Waals surface area contributed by atoms with Crippen LogP contribution in [0, 0.1) is 53.5 Å². The fraction of sp³-hybridized carbons (Fsp3) is 0.192. The van der Waals surface area contributed by atoms with Gasteiger partial charge in [0.2, 0.25) is 23.3 Å². The zero-order valence-electron chi connectivity index (χ0n) is 38.8. The van der Waals surface area contributed by atoms with Gasteiger partial charge in [-0.1, -0.05) is 30.8 Å². The number of nitrogens with one attached hydrogen (secondary N) is 2. The maximum Gasteiger partial charge on any atom is 0.204 e. The number of aromatic hydroxyl groups is 2. The molecule has 0 aliphatic rings. The molecule has 0 aliphatic carbocycles. The van der Waals surface area contributed by atoms with E-state index >= 15 is 35.1 Å². The lowest BCUT2D eigenvalue weighted by atomic mass is 9.99. The van der Waals surface area contributed by atoms with Crippen LogP contribution in [-0.2, 0) is 6.61 Å². The van der Waals surface area contributed by atoms with Gasteiger partial charge in [-0.05, 0) is 79.6 Å². The summed E-state index contributed by atoms with van der Waals surface area (Å²) in [6, 6.07) is 15.2. The summed E-state index contributed by atoms with van der Waals surface area (Å²) < 4.78 is 140. The first kappa shape index (κ1) is 53.9. The monoisotopic (exact) mass is 1040 g/mol. The molecule has 3 atom stereocenters. The van der Waals surface area contributed by atoms with E-state index in [0.717, 1.165) is 25.1 Å². The van der Waals surface area contributed by atoms with E-state index in [0.29, 0.717) is 0 Å². The van der Waals surface area contributed by atoms with Crippen molar-refractivity contribution in [2.45, 2.75) is 38.8 Å². The molecule has 0 fully saturated rings. The number of aromatic amines is 2. The highest BCUT2D eigenvalue weighted by Crippen LogP contribution is 2.43.